The van der Waals surface area contributed by atoms with Gasteiger partial charge in [-0.1, -0.05) is 48.0 Å². The molecule has 0 bridgehead atoms. The number of hydrogen-bond donors (Lipinski definition) is 1. The molecule has 1 saturated heterocycles. The molecule has 2 aliphatic rings. The van der Waals surface area contributed by atoms with Gasteiger partial charge in [-0.3, -0.25) is 4.90 Å². The SMILES string of the molecule is O=S(=O)(N[C@H]1c2cccc3cccc(c23)[C@@H]1N1CCOCC1)c1ccc(Cl)cc1. The summed E-state index contributed by atoms with van der Waals surface area (Å²) in [4.78, 5) is 2.54. The molecule has 150 valence electrons. The zero-order valence-electron chi connectivity index (χ0n) is 15.7. The van der Waals surface area contributed by atoms with Crippen molar-refractivity contribution < 1.29 is 13.2 Å². The van der Waals surface area contributed by atoms with Crippen LogP contribution in [0.25, 0.3) is 10.8 Å². The number of nitrogens with zero attached hydrogens (tertiary/aromatic N) is 1. The van der Waals surface area contributed by atoms with E-state index in [9.17, 15) is 8.42 Å². The monoisotopic (exact) mass is 428 g/mol. The molecule has 1 fully saturated rings. The maximum atomic E-state index is 13.2. The number of morpholine rings is 1. The molecule has 0 amide bonds. The number of rotatable bonds is 4. The number of halogens is 1. The molecule has 0 aromatic heterocycles. The Morgan fingerprint density at radius 2 is 1.59 bits per heavy atom. The summed E-state index contributed by atoms with van der Waals surface area (Å²) in [7, 11) is -3.71. The fourth-order valence-corrected chi connectivity index (χ4v) is 5.84. The van der Waals surface area contributed by atoms with E-state index in [4.69, 9.17) is 16.3 Å². The van der Waals surface area contributed by atoms with Crippen molar-refractivity contribution in [1.29, 1.82) is 0 Å². The predicted molar refractivity (Wildman–Crippen MR) is 114 cm³/mol. The van der Waals surface area contributed by atoms with E-state index in [1.165, 1.54) is 17.7 Å². The zero-order valence-corrected chi connectivity index (χ0v) is 17.3. The molecule has 0 radical (unpaired) electrons. The first-order chi connectivity index (χ1) is 14.0. The lowest BCUT2D eigenvalue weighted by Gasteiger charge is -2.36. The molecule has 1 N–H and O–H groups in total. The van der Waals surface area contributed by atoms with Crippen molar-refractivity contribution in [3.63, 3.8) is 0 Å². The summed E-state index contributed by atoms with van der Waals surface area (Å²) in [6.07, 6.45) is 0. The van der Waals surface area contributed by atoms with E-state index in [2.05, 4.69) is 27.8 Å². The smallest absolute Gasteiger partial charge is 0.241 e. The lowest BCUT2D eigenvalue weighted by Crippen LogP contribution is -2.44. The third-order valence-corrected chi connectivity index (χ3v) is 7.49. The molecule has 0 spiro atoms. The van der Waals surface area contributed by atoms with Gasteiger partial charge in [0.1, 0.15) is 0 Å². The van der Waals surface area contributed by atoms with Crippen LogP contribution in [0, 0.1) is 0 Å². The largest absolute Gasteiger partial charge is 0.379 e. The number of sulfonamides is 1. The van der Waals surface area contributed by atoms with Crippen LogP contribution in [-0.4, -0.2) is 39.6 Å². The lowest BCUT2D eigenvalue weighted by atomic mass is 10.0. The second-order valence-corrected chi connectivity index (χ2v) is 9.59. The van der Waals surface area contributed by atoms with Crippen molar-refractivity contribution in [3.8, 4) is 0 Å². The summed E-state index contributed by atoms with van der Waals surface area (Å²) in [5.41, 5.74) is 2.19. The molecule has 1 aliphatic carbocycles. The van der Waals surface area contributed by atoms with E-state index >= 15 is 0 Å². The molecule has 2 atom stereocenters. The molecule has 0 saturated carbocycles. The van der Waals surface area contributed by atoms with Crippen LogP contribution in [0.4, 0.5) is 0 Å². The highest BCUT2D eigenvalue weighted by Crippen LogP contribution is 2.47. The Balaban J connectivity index is 1.60. The van der Waals surface area contributed by atoms with E-state index in [1.807, 2.05) is 18.2 Å². The molecule has 3 aromatic rings. The molecule has 29 heavy (non-hydrogen) atoms. The van der Waals surface area contributed by atoms with Crippen LogP contribution in [0.2, 0.25) is 5.02 Å². The van der Waals surface area contributed by atoms with Crippen molar-refractivity contribution in [1.82, 2.24) is 9.62 Å². The molecular weight excluding hydrogens is 408 g/mol. The van der Waals surface area contributed by atoms with Gasteiger partial charge in [0.2, 0.25) is 10.0 Å². The average molecular weight is 429 g/mol. The van der Waals surface area contributed by atoms with Crippen LogP contribution in [-0.2, 0) is 14.8 Å². The highest BCUT2D eigenvalue weighted by Gasteiger charge is 2.40. The second kappa shape index (κ2) is 7.38. The second-order valence-electron chi connectivity index (χ2n) is 7.44. The van der Waals surface area contributed by atoms with Crippen molar-refractivity contribution in [2.24, 2.45) is 0 Å². The maximum Gasteiger partial charge on any atom is 0.241 e. The van der Waals surface area contributed by atoms with Crippen molar-refractivity contribution in [3.05, 3.63) is 76.8 Å². The van der Waals surface area contributed by atoms with E-state index in [0.29, 0.717) is 18.2 Å². The minimum Gasteiger partial charge on any atom is -0.379 e. The Morgan fingerprint density at radius 3 is 2.28 bits per heavy atom. The maximum absolute atomic E-state index is 13.2. The van der Waals surface area contributed by atoms with Crippen LogP contribution < -0.4 is 4.72 Å². The molecule has 1 heterocycles. The highest BCUT2D eigenvalue weighted by atomic mass is 35.5. The first-order valence-corrected chi connectivity index (χ1v) is 11.5. The minimum atomic E-state index is -3.71. The molecule has 3 aromatic carbocycles. The van der Waals surface area contributed by atoms with Gasteiger partial charge in [-0.15, -0.1) is 0 Å². The Kier molecular flexibility index (Phi) is 4.84. The molecule has 5 rings (SSSR count). The summed E-state index contributed by atoms with van der Waals surface area (Å²) < 4.78 is 34.9. The first-order valence-electron chi connectivity index (χ1n) is 9.66. The normalized spacial score (nSPS) is 22.2. The fourth-order valence-electron chi connectivity index (χ4n) is 4.50. The van der Waals surface area contributed by atoms with E-state index in [1.54, 1.807) is 12.1 Å². The third-order valence-electron chi connectivity index (χ3n) is 5.78. The van der Waals surface area contributed by atoms with Crippen LogP contribution in [0.5, 0.6) is 0 Å². The van der Waals surface area contributed by atoms with E-state index in [0.717, 1.165) is 29.4 Å². The van der Waals surface area contributed by atoms with Gasteiger partial charge in [-0.2, -0.15) is 0 Å². The van der Waals surface area contributed by atoms with Crippen LogP contribution in [0.15, 0.2) is 65.6 Å². The van der Waals surface area contributed by atoms with Gasteiger partial charge in [0.25, 0.3) is 0 Å². The lowest BCUT2D eigenvalue weighted by molar-refractivity contribution is 0.0106. The Bertz CT molecular complexity index is 1150. The summed E-state index contributed by atoms with van der Waals surface area (Å²) in [6, 6.07) is 18.2. The Labute approximate surface area is 175 Å². The van der Waals surface area contributed by atoms with Crippen molar-refractivity contribution in [2.45, 2.75) is 17.0 Å². The van der Waals surface area contributed by atoms with E-state index in [-0.39, 0.29) is 17.0 Å². The van der Waals surface area contributed by atoms with Gasteiger partial charge in [-0.25, -0.2) is 13.1 Å². The van der Waals surface area contributed by atoms with Crippen LogP contribution >= 0.6 is 11.6 Å². The van der Waals surface area contributed by atoms with Crippen molar-refractivity contribution >= 4 is 32.4 Å². The van der Waals surface area contributed by atoms with Gasteiger partial charge < -0.3 is 4.74 Å². The Hall–Kier alpha value is -1.96. The fraction of sp³-hybridized carbons (Fsp3) is 0.273. The van der Waals surface area contributed by atoms with Gasteiger partial charge in [0, 0.05) is 18.1 Å². The van der Waals surface area contributed by atoms with Gasteiger partial charge in [0.05, 0.1) is 30.2 Å². The summed E-state index contributed by atoms with van der Waals surface area (Å²) in [5, 5.41) is 2.79. The number of hydrogen-bond acceptors (Lipinski definition) is 4. The molecule has 1 aliphatic heterocycles. The van der Waals surface area contributed by atoms with E-state index < -0.39 is 10.0 Å². The summed E-state index contributed by atoms with van der Waals surface area (Å²) >= 11 is 5.94. The van der Waals surface area contributed by atoms with Crippen molar-refractivity contribution in [2.75, 3.05) is 26.3 Å². The van der Waals surface area contributed by atoms with Crippen LogP contribution in [0.3, 0.4) is 0 Å². The van der Waals surface area contributed by atoms with Gasteiger partial charge in [-0.05, 0) is 46.2 Å². The van der Waals surface area contributed by atoms with Crippen LogP contribution in [0.1, 0.15) is 23.2 Å². The topological polar surface area (TPSA) is 58.6 Å². The summed E-state index contributed by atoms with van der Waals surface area (Å²) in [5.74, 6) is 0. The number of nitrogens with one attached hydrogen (secondary N) is 1. The number of ether oxygens (including phenoxy) is 1. The molecule has 0 unspecified atom stereocenters. The first kappa shape index (κ1) is 19.0. The third kappa shape index (κ3) is 3.35. The predicted octanol–water partition coefficient (Wildman–Crippen LogP) is 3.90. The minimum absolute atomic E-state index is 0.0675. The molecule has 7 heteroatoms. The Morgan fingerprint density at radius 1 is 0.931 bits per heavy atom. The van der Waals surface area contributed by atoms with Gasteiger partial charge in [0.15, 0.2) is 0 Å². The average Bonchev–Trinajstić information content (AvgIpc) is 3.04. The quantitative estimate of drug-likeness (QED) is 0.684. The van der Waals surface area contributed by atoms with Gasteiger partial charge >= 0.3 is 0 Å². The standard InChI is InChI=1S/C22H21ClN2O3S/c23-16-7-9-17(10-8-16)29(26,27)24-21-18-5-1-3-15-4-2-6-19(20(15)18)22(21)25-11-13-28-14-12-25/h1-10,21-22,24H,11-14H2/t21-,22-/m0/s1. The molecular formula is C22H21ClN2O3S. The summed E-state index contributed by atoms with van der Waals surface area (Å²) in [6.45, 7) is 2.85. The molecule has 5 nitrogen and oxygen atoms in total. The highest BCUT2D eigenvalue weighted by molar-refractivity contribution is 7.89. The number of benzene rings is 3. The zero-order chi connectivity index (χ0) is 20.0.